The zero-order valence-electron chi connectivity index (χ0n) is 13.8. The van der Waals surface area contributed by atoms with Crippen molar-refractivity contribution in [3.8, 4) is 0 Å². The van der Waals surface area contributed by atoms with Crippen LogP contribution in [0.3, 0.4) is 0 Å². The molecule has 1 aliphatic rings. The van der Waals surface area contributed by atoms with Crippen molar-refractivity contribution >= 4 is 11.8 Å². The van der Waals surface area contributed by atoms with Gasteiger partial charge in [0.2, 0.25) is 5.95 Å². The second kappa shape index (κ2) is 7.20. The number of nitrogens with zero attached hydrogens (tertiary/aromatic N) is 5. The van der Waals surface area contributed by atoms with Crippen molar-refractivity contribution in [1.82, 2.24) is 19.9 Å². The van der Waals surface area contributed by atoms with Gasteiger partial charge in [0.1, 0.15) is 17.8 Å². The van der Waals surface area contributed by atoms with E-state index in [0.29, 0.717) is 0 Å². The van der Waals surface area contributed by atoms with Gasteiger partial charge in [-0.2, -0.15) is 13.2 Å². The van der Waals surface area contributed by atoms with E-state index in [1.165, 1.54) is 0 Å². The molecule has 1 N–H and O–H groups in total. The van der Waals surface area contributed by atoms with E-state index < -0.39 is 11.9 Å². The normalized spacial score (nSPS) is 16.1. The van der Waals surface area contributed by atoms with Gasteiger partial charge in [0.15, 0.2) is 0 Å². The third-order valence-corrected chi connectivity index (χ3v) is 4.17. The van der Waals surface area contributed by atoms with E-state index in [0.717, 1.165) is 56.1 Å². The number of hydrogen-bond donors (Lipinski definition) is 1. The largest absolute Gasteiger partial charge is 0.433 e. The van der Waals surface area contributed by atoms with Gasteiger partial charge in [0.05, 0.1) is 0 Å². The summed E-state index contributed by atoms with van der Waals surface area (Å²) in [5, 5.41) is 3.01. The number of anilines is 2. The van der Waals surface area contributed by atoms with Crippen LogP contribution in [0.5, 0.6) is 0 Å². The molecule has 0 saturated carbocycles. The number of halogens is 3. The SMILES string of the molecule is CCc1cc(N2CCC(Nc3nccc(C(F)(F)F)n3)CC2)ncn1. The first-order valence-electron chi connectivity index (χ1n) is 8.18. The van der Waals surface area contributed by atoms with Crippen molar-refractivity contribution in [2.75, 3.05) is 23.3 Å². The molecule has 0 radical (unpaired) electrons. The highest BCUT2D eigenvalue weighted by atomic mass is 19.4. The Balaban J connectivity index is 1.59. The Hall–Kier alpha value is -2.45. The summed E-state index contributed by atoms with van der Waals surface area (Å²) in [5.41, 5.74) is 0.0538. The van der Waals surface area contributed by atoms with E-state index in [-0.39, 0.29) is 12.0 Å². The lowest BCUT2D eigenvalue weighted by molar-refractivity contribution is -0.141. The first-order chi connectivity index (χ1) is 12.0. The maximum Gasteiger partial charge on any atom is 0.433 e. The van der Waals surface area contributed by atoms with Gasteiger partial charge in [-0.3, -0.25) is 0 Å². The zero-order valence-corrected chi connectivity index (χ0v) is 13.8. The van der Waals surface area contributed by atoms with Gasteiger partial charge < -0.3 is 10.2 Å². The first kappa shape index (κ1) is 17.4. The molecule has 25 heavy (non-hydrogen) atoms. The predicted octanol–water partition coefficient (Wildman–Crippen LogP) is 2.93. The molecule has 3 rings (SSSR count). The van der Waals surface area contributed by atoms with Crippen LogP contribution in [-0.4, -0.2) is 39.1 Å². The van der Waals surface area contributed by atoms with Gasteiger partial charge in [-0.15, -0.1) is 0 Å². The summed E-state index contributed by atoms with van der Waals surface area (Å²) < 4.78 is 38.1. The molecule has 0 aliphatic carbocycles. The van der Waals surface area contributed by atoms with Gasteiger partial charge in [0, 0.05) is 37.1 Å². The Morgan fingerprint density at radius 3 is 2.64 bits per heavy atom. The van der Waals surface area contributed by atoms with Crippen molar-refractivity contribution in [3.05, 3.63) is 36.0 Å². The Morgan fingerprint density at radius 2 is 1.96 bits per heavy atom. The lowest BCUT2D eigenvalue weighted by atomic mass is 10.1. The van der Waals surface area contributed by atoms with E-state index >= 15 is 0 Å². The highest BCUT2D eigenvalue weighted by molar-refractivity contribution is 5.40. The third kappa shape index (κ3) is 4.34. The van der Waals surface area contributed by atoms with Crippen LogP contribution in [0.25, 0.3) is 0 Å². The van der Waals surface area contributed by atoms with Crippen LogP contribution in [0.15, 0.2) is 24.7 Å². The maximum absolute atomic E-state index is 12.7. The number of hydrogen-bond acceptors (Lipinski definition) is 6. The lowest BCUT2D eigenvalue weighted by Crippen LogP contribution is -2.40. The molecular formula is C16H19F3N6. The Labute approximate surface area is 143 Å². The van der Waals surface area contributed by atoms with E-state index in [4.69, 9.17) is 0 Å². The summed E-state index contributed by atoms with van der Waals surface area (Å²) in [6.07, 6.45) is 0.610. The van der Waals surface area contributed by atoms with Crippen LogP contribution in [0.4, 0.5) is 24.9 Å². The fourth-order valence-corrected chi connectivity index (χ4v) is 2.77. The van der Waals surface area contributed by atoms with E-state index in [1.807, 2.05) is 13.0 Å². The molecule has 0 aromatic carbocycles. The number of aryl methyl sites for hydroxylation is 1. The van der Waals surface area contributed by atoms with Crippen molar-refractivity contribution in [3.63, 3.8) is 0 Å². The Kier molecular flexibility index (Phi) is 5.00. The summed E-state index contributed by atoms with van der Waals surface area (Å²) >= 11 is 0. The average molecular weight is 352 g/mol. The minimum atomic E-state index is -4.47. The van der Waals surface area contributed by atoms with E-state index in [1.54, 1.807) is 6.33 Å². The number of alkyl halides is 3. The number of piperidine rings is 1. The molecule has 0 bridgehead atoms. The topological polar surface area (TPSA) is 66.8 Å². The van der Waals surface area contributed by atoms with Crippen LogP contribution < -0.4 is 10.2 Å². The summed E-state index contributed by atoms with van der Waals surface area (Å²) in [6, 6.07) is 2.88. The molecule has 134 valence electrons. The molecule has 2 aromatic rings. The maximum atomic E-state index is 12.7. The number of aromatic nitrogens is 4. The van der Waals surface area contributed by atoms with E-state index in [2.05, 4.69) is 30.2 Å². The van der Waals surface area contributed by atoms with Crippen LogP contribution >= 0.6 is 0 Å². The molecule has 0 unspecified atom stereocenters. The molecule has 1 saturated heterocycles. The van der Waals surface area contributed by atoms with Gasteiger partial charge in [0.25, 0.3) is 0 Å². The molecule has 0 spiro atoms. The van der Waals surface area contributed by atoms with Gasteiger partial charge >= 0.3 is 6.18 Å². The zero-order chi connectivity index (χ0) is 17.9. The average Bonchev–Trinajstić information content (AvgIpc) is 2.62. The molecule has 0 amide bonds. The number of rotatable bonds is 4. The number of nitrogens with one attached hydrogen (secondary N) is 1. The van der Waals surface area contributed by atoms with Gasteiger partial charge in [-0.05, 0) is 25.3 Å². The summed E-state index contributed by atoms with van der Waals surface area (Å²) in [4.78, 5) is 18.1. The van der Waals surface area contributed by atoms with Crippen LogP contribution in [0.2, 0.25) is 0 Å². The quantitative estimate of drug-likeness (QED) is 0.913. The Morgan fingerprint density at radius 1 is 1.20 bits per heavy atom. The van der Waals surface area contributed by atoms with Crippen molar-refractivity contribution < 1.29 is 13.2 Å². The fourth-order valence-electron chi connectivity index (χ4n) is 2.77. The van der Waals surface area contributed by atoms with Gasteiger partial charge in [-0.25, -0.2) is 19.9 Å². The van der Waals surface area contributed by atoms with Crippen LogP contribution in [-0.2, 0) is 12.6 Å². The molecule has 3 heterocycles. The molecule has 1 fully saturated rings. The highest BCUT2D eigenvalue weighted by Gasteiger charge is 2.33. The van der Waals surface area contributed by atoms with E-state index in [9.17, 15) is 13.2 Å². The summed E-state index contributed by atoms with van der Waals surface area (Å²) in [5.74, 6) is 0.907. The molecule has 9 heteroatoms. The molecular weight excluding hydrogens is 333 g/mol. The predicted molar refractivity (Wildman–Crippen MR) is 87.3 cm³/mol. The standard InChI is InChI=1S/C16H19F3N6/c1-2-11-9-14(22-10-21-11)25-7-4-12(5-8-25)23-15-20-6-3-13(24-15)16(17,18)19/h3,6,9-10,12H,2,4-5,7-8H2,1H3,(H,20,23,24). The second-order valence-corrected chi connectivity index (χ2v) is 5.89. The third-order valence-electron chi connectivity index (χ3n) is 4.17. The van der Waals surface area contributed by atoms with Crippen molar-refractivity contribution in [1.29, 1.82) is 0 Å². The monoisotopic (exact) mass is 352 g/mol. The van der Waals surface area contributed by atoms with Crippen LogP contribution in [0, 0.1) is 0 Å². The molecule has 6 nitrogen and oxygen atoms in total. The fraction of sp³-hybridized carbons (Fsp3) is 0.500. The second-order valence-electron chi connectivity index (χ2n) is 5.89. The first-order valence-corrected chi connectivity index (χ1v) is 8.18. The molecule has 1 aliphatic heterocycles. The van der Waals surface area contributed by atoms with Gasteiger partial charge in [-0.1, -0.05) is 6.92 Å². The van der Waals surface area contributed by atoms with Crippen molar-refractivity contribution in [2.24, 2.45) is 0 Å². The lowest BCUT2D eigenvalue weighted by Gasteiger charge is -2.33. The van der Waals surface area contributed by atoms with Crippen LogP contribution in [0.1, 0.15) is 31.2 Å². The summed E-state index contributed by atoms with van der Waals surface area (Å²) in [7, 11) is 0. The smallest absolute Gasteiger partial charge is 0.356 e. The minimum absolute atomic E-state index is 0.0172. The highest BCUT2D eigenvalue weighted by Crippen LogP contribution is 2.28. The van der Waals surface area contributed by atoms with Crippen molar-refractivity contribution in [2.45, 2.75) is 38.4 Å². The Bertz CT molecular complexity index is 713. The molecule has 2 aromatic heterocycles. The molecule has 0 atom stereocenters. The summed E-state index contributed by atoms with van der Waals surface area (Å²) in [6.45, 7) is 3.56. The minimum Gasteiger partial charge on any atom is -0.356 e.